The molecule has 0 saturated heterocycles. The molecule has 0 bridgehead atoms. The molecule has 0 spiro atoms. The molecule has 322 valence electrons. The Morgan fingerprint density at radius 3 is 1.85 bits per heavy atom. The van der Waals surface area contributed by atoms with E-state index in [1.54, 1.807) is 6.07 Å². The average molecular weight is 833 g/mol. The summed E-state index contributed by atoms with van der Waals surface area (Å²) in [7, 11) is 3.88. The maximum absolute atomic E-state index is 6.60. The highest BCUT2D eigenvalue weighted by molar-refractivity contribution is 6.00. The van der Waals surface area contributed by atoms with Crippen molar-refractivity contribution in [1.82, 2.24) is 10.3 Å². The normalized spacial score (nSPS) is 13.4. The van der Waals surface area contributed by atoms with Gasteiger partial charge in [0.15, 0.2) is 11.4 Å². The molecule has 0 unspecified atom stereocenters. The largest absolute Gasteiger partial charge is 0.399 e. The summed E-state index contributed by atoms with van der Waals surface area (Å²) in [6.07, 6.45) is 12.3. The van der Waals surface area contributed by atoms with Crippen LogP contribution in [0.25, 0.3) is 27.8 Å². The van der Waals surface area contributed by atoms with Crippen molar-refractivity contribution < 1.29 is 9.88 Å². The van der Waals surface area contributed by atoms with Crippen LogP contribution in [0.3, 0.4) is 0 Å². The molecular weight excluding hydrogens is 769 g/mol. The second-order valence-electron chi connectivity index (χ2n) is 16.6. The Morgan fingerprint density at radius 1 is 0.629 bits per heavy atom. The van der Waals surface area contributed by atoms with Crippen molar-refractivity contribution in [2.24, 2.45) is 4.99 Å². The highest BCUT2D eigenvalue weighted by Crippen LogP contribution is 2.32. The number of allylic oxidation sites excluding steroid dienone is 3. The molecule has 1 aliphatic carbocycles. The van der Waals surface area contributed by atoms with Gasteiger partial charge in [0, 0.05) is 104 Å². The minimum absolute atomic E-state index is 0.619. The molecule has 7 rings (SSSR count). The Morgan fingerprint density at radius 2 is 1.21 bits per heavy atom. The molecule has 1 heterocycles. The van der Waals surface area contributed by atoms with Gasteiger partial charge in [-0.05, 0) is 111 Å². The number of nitrogen functional groups attached to an aromatic ring is 4. The van der Waals surface area contributed by atoms with Gasteiger partial charge in [-0.15, -0.1) is 4.57 Å². The van der Waals surface area contributed by atoms with Gasteiger partial charge >= 0.3 is 0 Å². The predicted octanol–water partition coefficient (Wildman–Crippen LogP) is 8.88. The fourth-order valence-corrected chi connectivity index (χ4v) is 8.34. The second-order valence-corrected chi connectivity index (χ2v) is 16.6. The number of nitrogens with zero attached hydrogens (tertiary/aromatic N) is 3. The van der Waals surface area contributed by atoms with Crippen LogP contribution in [-0.2, 0) is 0 Å². The van der Waals surface area contributed by atoms with E-state index in [-0.39, 0.29) is 0 Å². The van der Waals surface area contributed by atoms with Crippen LogP contribution >= 0.6 is 0 Å². The van der Waals surface area contributed by atoms with Gasteiger partial charge in [0.05, 0.1) is 5.69 Å². The molecule has 12 nitrogen and oxygen atoms in total. The zero-order valence-corrected chi connectivity index (χ0v) is 37.2. The predicted molar refractivity (Wildman–Crippen MR) is 264 cm³/mol. The molecule has 5 aromatic carbocycles. The van der Waals surface area contributed by atoms with E-state index in [4.69, 9.17) is 32.9 Å². The van der Waals surface area contributed by atoms with E-state index in [2.05, 4.69) is 107 Å². The molecule has 0 radical (unpaired) electrons. The number of benzene rings is 5. The molecule has 0 saturated carbocycles. The van der Waals surface area contributed by atoms with Crippen molar-refractivity contribution in [2.75, 3.05) is 66.1 Å². The number of aromatic nitrogens is 2. The molecule has 14 N–H and O–H groups in total. The van der Waals surface area contributed by atoms with Gasteiger partial charge in [-0.2, -0.15) is 0 Å². The third kappa shape index (κ3) is 9.87. The second kappa shape index (κ2) is 19.3. The summed E-state index contributed by atoms with van der Waals surface area (Å²) < 4.78 is 2.21. The van der Waals surface area contributed by atoms with Crippen molar-refractivity contribution in [3.63, 3.8) is 0 Å². The smallest absolute Gasteiger partial charge is 0.239 e. The van der Waals surface area contributed by atoms with E-state index in [0.717, 1.165) is 117 Å². The minimum Gasteiger partial charge on any atom is -0.399 e. The van der Waals surface area contributed by atoms with E-state index in [0.29, 0.717) is 22.7 Å². The number of anilines is 7. The molecular formula is C50H64N12+2. The summed E-state index contributed by atoms with van der Waals surface area (Å²) in [5.41, 5.74) is 45.1. The molecule has 12 heteroatoms. The topological polar surface area (TPSA) is 198 Å². The zero-order valence-electron chi connectivity index (χ0n) is 37.2. The van der Waals surface area contributed by atoms with Gasteiger partial charge < -0.3 is 44.2 Å². The van der Waals surface area contributed by atoms with Gasteiger partial charge in [-0.25, -0.2) is 9.98 Å². The van der Waals surface area contributed by atoms with Crippen LogP contribution < -0.4 is 54.1 Å². The van der Waals surface area contributed by atoms with Crippen molar-refractivity contribution >= 4 is 84.7 Å². The molecule has 0 fully saturated rings. The van der Waals surface area contributed by atoms with Crippen molar-refractivity contribution in [3.05, 3.63) is 113 Å². The van der Waals surface area contributed by atoms with Crippen LogP contribution in [0.1, 0.15) is 68.6 Å². The van der Waals surface area contributed by atoms with Crippen LogP contribution in [0.5, 0.6) is 0 Å². The van der Waals surface area contributed by atoms with Crippen LogP contribution in [0, 0.1) is 20.8 Å². The number of fused-ring (bicyclic) bond motifs is 2. The molecule has 62 heavy (non-hydrogen) atoms. The van der Waals surface area contributed by atoms with Crippen molar-refractivity contribution in [3.8, 4) is 5.69 Å². The highest BCUT2D eigenvalue weighted by Gasteiger charge is 2.24. The third-order valence-electron chi connectivity index (χ3n) is 11.8. The van der Waals surface area contributed by atoms with Gasteiger partial charge in [0.1, 0.15) is 22.4 Å². The number of nitrogens with one attached hydrogen (secondary N) is 4. The summed E-state index contributed by atoms with van der Waals surface area (Å²) in [6.45, 7) is 10.4. The SMILES string of the molecule is CNc1cc([NH2+]c2ccc(N)cc2N)c(N=C2C=C(C)C(NCCCCCCCCNc3cc4c(cc3C)nc3cc(C)c(NC)cc3[n+]4-c3ccc(N)cc3N)=CC2)cc1C. The number of aliphatic imine (C=N–C) groups is 1. The third-order valence-corrected chi connectivity index (χ3v) is 11.8. The van der Waals surface area contributed by atoms with Crippen molar-refractivity contribution in [1.29, 1.82) is 0 Å². The zero-order chi connectivity index (χ0) is 43.9. The van der Waals surface area contributed by atoms with E-state index in [1.807, 2.05) is 44.4 Å². The summed E-state index contributed by atoms with van der Waals surface area (Å²) in [4.78, 5) is 10.2. The maximum Gasteiger partial charge on any atom is 0.239 e. The molecule has 1 aromatic heterocycles. The number of rotatable bonds is 17. The molecule has 0 atom stereocenters. The molecule has 6 aromatic rings. The standard InChI is InChI=1S/C50H62N12/c1-30-21-36(59-44-22-31(2)41(55-5)27-45(44)60-40-16-13-34(51)25-37(40)53)15-17-39(30)57-19-11-9-7-8-10-12-20-58-43-29-50-47(24-33(43)4)61-46-23-32(3)42(56-6)28-49(46)62(50)48-18-14-35(52)26-38(48)54/h13-14,16-18,21-29,55,57H,7-12,15,19-20,52,54H2,1-6H3,(H6,51,53,56,58,60,61)/p+2. The van der Waals surface area contributed by atoms with Crippen LogP contribution in [0.4, 0.5) is 56.9 Å². The lowest BCUT2D eigenvalue weighted by molar-refractivity contribution is -0.537. The van der Waals surface area contributed by atoms with E-state index < -0.39 is 0 Å². The Hall–Kier alpha value is -6.79. The maximum atomic E-state index is 6.60. The van der Waals surface area contributed by atoms with Crippen LogP contribution in [-0.4, -0.2) is 37.9 Å². The van der Waals surface area contributed by atoms with Gasteiger partial charge in [-0.1, -0.05) is 31.8 Å². The average Bonchev–Trinajstić information content (AvgIpc) is 3.23. The summed E-state index contributed by atoms with van der Waals surface area (Å²) >= 11 is 0. The Kier molecular flexibility index (Phi) is 13.5. The van der Waals surface area contributed by atoms with Crippen LogP contribution in [0.15, 0.2) is 101 Å². The number of unbranched alkanes of at least 4 members (excludes halogenated alkanes) is 5. The summed E-state index contributed by atoms with van der Waals surface area (Å²) in [5, 5.41) is 16.1. The number of nitrogens with two attached hydrogens (primary N) is 5. The number of hydrogen-bond acceptors (Lipinski definition) is 10. The van der Waals surface area contributed by atoms with Gasteiger partial charge in [-0.3, -0.25) is 5.32 Å². The number of quaternary nitrogens is 1. The lowest BCUT2D eigenvalue weighted by Gasteiger charge is -2.17. The first-order valence-corrected chi connectivity index (χ1v) is 21.8. The first-order valence-electron chi connectivity index (χ1n) is 21.8. The monoisotopic (exact) mass is 833 g/mol. The number of aryl methyl sites for hydroxylation is 3. The highest BCUT2D eigenvalue weighted by atomic mass is 15.0. The quantitative estimate of drug-likeness (QED) is 0.0187. The van der Waals surface area contributed by atoms with E-state index >= 15 is 0 Å². The molecule has 0 amide bonds. The van der Waals surface area contributed by atoms with E-state index in [1.165, 1.54) is 37.0 Å². The van der Waals surface area contributed by atoms with Gasteiger partial charge in [0.2, 0.25) is 16.7 Å². The lowest BCUT2D eigenvalue weighted by Crippen LogP contribution is -2.71. The molecule has 0 aliphatic heterocycles. The molecule has 1 aliphatic rings. The fourth-order valence-electron chi connectivity index (χ4n) is 8.34. The van der Waals surface area contributed by atoms with Crippen molar-refractivity contribution in [2.45, 2.75) is 72.6 Å². The van der Waals surface area contributed by atoms with E-state index in [9.17, 15) is 0 Å². The first-order chi connectivity index (χ1) is 29.9. The minimum atomic E-state index is 0.619. The lowest BCUT2D eigenvalue weighted by atomic mass is 10.0. The fraction of sp³-hybridized carbons (Fsp3) is 0.300. The number of hydrogen-bond donors (Lipinski definition) is 9. The van der Waals surface area contributed by atoms with Gasteiger partial charge in [0.25, 0.3) is 0 Å². The Labute approximate surface area is 366 Å². The summed E-state index contributed by atoms with van der Waals surface area (Å²) in [5.74, 6) is 0. The summed E-state index contributed by atoms with van der Waals surface area (Å²) in [6, 6.07) is 24.3. The van der Waals surface area contributed by atoms with Crippen LogP contribution in [0.2, 0.25) is 0 Å². The Bertz CT molecular complexity index is 2710. The Balaban J connectivity index is 0.892. The first kappa shape index (κ1) is 43.3.